The van der Waals surface area contributed by atoms with E-state index in [0.717, 1.165) is 31.0 Å². The van der Waals surface area contributed by atoms with Crippen LogP contribution in [0, 0.1) is 17.6 Å². The summed E-state index contributed by atoms with van der Waals surface area (Å²) in [4.78, 5) is 36.5. The molecule has 3 aromatic carbocycles. The maximum absolute atomic E-state index is 13.3. The first kappa shape index (κ1) is 21.9. The van der Waals surface area contributed by atoms with Crippen molar-refractivity contribution in [2.45, 2.75) is 12.8 Å². The Labute approximate surface area is 187 Å². The van der Waals surface area contributed by atoms with Crippen LogP contribution in [0.15, 0.2) is 60.7 Å². The van der Waals surface area contributed by atoms with Crippen molar-refractivity contribution >= 4 is 34.8 Å². The van der Waals surface area contributed by atoms with Gasteiger partial charge in [-0.3, -0.25) is 14.4 Å². The number of nitrogens with one attached hydrogen (secondary N) is 3. The van der Waals surface area contributed by atoms with Gasteiger partial charge in [-0.1, -0.05) is 0 Å². The highest BCUT2D eigenvalue weighted by Gasteiger charge is 2.29. The van der Waals surface area contributed by atoms with Crippen molar-refractivity contribution in [3.63, 3.8) is 0 Å². The summed E-state index contributed by atoms with van der Waals surface area (Å²) in [6.45, 7) is 0. The summed E-state index contributed by atoms with van der Waals surface area (Å²) in [5.74, 6) is -3.50. The summed E-state index contributed by atoms with van der Waals surface area (Å²) in [5.41, 5.74) is 0.927. The van der Waals surface area contributed by atoms with Crippen molar-refractivity contribution < 1.29 is 28.3 Å². The normalized spacial score (nSPS) is 12.7. The molecule has 33 heavy (non-hydrogen) atoms. The lowest BCUT2D eigenvalue weighted by Gasteiger charge is -2.11. The molecule has 4 N–H and O–H groups in total. The van der Waals surface area contributed by atoms with Gasteiger partial charge < -0.3 is 21.1 Å². The SMILES string of the molecule is O=C(Nc1ccc(C(=O)Nc2ccc(NC(=O)C3CC3)cc2)c(O)c1)c1cc(F)cc(F)c1. The molecular weight excluding hydrogens is 432 g/mol. The Morgan fingerprint density at radius 3 is 1.85 bits per heavy atom. The zero-order valence-electron chi connectivity index (χ0n) is 17.2. The van der Waals surface area contributed by atoms with Crippen molar-refractivity contribution in [2.24, 2.45) is 5.92 Å². The van der Waals surface area contributed by atoms with Crippen molar-refractivity contribution in [3.05, 3.63) is 83.4 Å². The summed E-state index contributed by atoms with van der Waals surface area (Å²) in [6, 6.07) is 12.8. The minimum absolute atomic E-state index is 0.0218. The minimum atomic E-state index is -0.895. The second-order valence-electron chi connectivity index (χ2n) is 7.64. The second kappa shape index (κ2) is 9.07. The lowest BCUT2D eigenvalue weighted by Crippen LogP contribution is -2.15. The number of amides is 3. The molecule has 0 bridgehead atoms. The van der Waals surface area contributed by atoms with E-state index in [9.17, 15) is 28.3 Å². The Hall–Kier alpha value is -4.27. The van der Waals surface area contributed by atoms with Gasteiger partial charge in [-0.15, -0.1) is 0 Å². The third kappa shape index (κ3) is 5.51. The standard InChI is InChI=1S/C24H19F2N3O4/c25-15-9-14(10-16(26)11-15)23(32)29-19-7-8-20(21(30)12-19)24(33)28-18-5-3-17(4-6-18)27-22(31)13-1-2-13/h3-13,30H,1-2H2,(H,27,31)(H,28,33)(H,29,32). The molecule has 0 radical (unpaired) electrons. The van der Waals surface area contributed by atoms with Crippen LogP contribution >= 0.6 is 0 Å². The van der Waals surface area contributed by atoms with E-state index in [1.54, 1.807) is 24.3 Å². The highest BCUT2D eigenvalue weighted by molar-refractivity contribution is 6.08. The maximum atomic E-state index is 13.3. The monoisotopic (exact) mass is 451 g/mol. The van der Waals surface area contributed by atoms with Crippen LogP contribution in [-0.4, -0.2) is 22.8 Å². The van der Waals surface area contributed by atoms with Crippen molar-refractivity contribution in [2.75, 3.05) is 16.0 Å². The number of phenols is 1. The number of anilines is 3. The van der Waals surface area contributed by atoms with Crippen LogP contribution < -0.4 is 16.0 Å². The van der Waals surface area contributed by atoms with Gasteiger partial charge in [0, 0.05) is 40.7 Å². The van der Waals surface area contributed by atoms with Gasteiger partial charge >= 0.3 is 0 Å². The van der Waals surface area contributed by atoms with Crippen molar-refractivity contribution in [1.29, 1.82) is 0 Å². The van der Waals surface area contributed by atoms with E-state index < -0.39 is 29.2 Å². The van der Waals surface area contributed by atoms with E-state index in [0.29, 0.717) is 17.4 Å². The molecule has 0 spiro atoms. The fourth-order valence-electron chi connectivity index (χ4n) is 3.11. The number of halogens is 2. The van der Waals surface area contributed by atoms with Crippen LogP contribution in [0.2, 0.25) is 0 Å². The first-order valence-electron chi connectivity index (χ1n) is 10.1. The molecule has 9 heteroatoms. The molecule has 3 amide bonds. The topological polar surface area (TPSA) is 108 Å². The Bertz CT molecular complexity index is 1220. The van der Waals surface area contributed by atoms with Crippen LogP contribution in [0.4, 0.5) is 25.8 Å². The number of aromatic hydroxyl groups is 1. The van der Waals surface area contributed by atoms with Crippen LogP contribution in [-0.2, 0) is 4.79 Å². The molecule has 0 aromatic heterocycles. The van der Waals surface area contributed by atoms with Gasteiger partial charge in [0.2, 0.25) is 5.91 Å². The lowest BCUT2D eigenvalue weighted by molar-refractivity contribution is -0.117. The summed E-state index contributed by atoms with van der Waals surface area (Å²) in [6.07, 6.45) is 1.80. The quantitative estimate of drug-likeness (QED) is 0.442. The number of carbonyl (C=O) groups is 3. The fraction of sp³-hybridized carbons (Fsp3) is 0.125. The number of carbonyl (C=O) groups excluding carboxylic acids is 3. The van der Waals surface area contributed by atoms with Gasteiger partial charge in [-0.05, 0) is 61.4 Å². The van der Waals surface area contributed by atoms with Crippen molar-refractivity contribution in [1.82, 2.24) is 0 Å². The van der Waals surface area contributed by atoms with Gasteiger partial charge in [-0.25, -0.2) is 8.78 Å². The third-order valence-corrected chi connectivity index (χ3v) is 4.98. The molecule has 0 atom stereocenters. The summed E-state index contributed by atoms with van der Waals surface area (Å²) in [5, 5.41) is 18.1. The van der Waals surface area contributed by atoms with Crippen LogP contribution in [0.25, 0.3) is 0 Å². The number of hydrogen-bond donors (Lipinski definition) is 4. The summed E-state index contributed by atoms with van der Waals surface area (Å²) >= 11 is 0. The molecular formula is C24H19F2N3O4. The maximum Gasteiger partial charge on any atom is 0.259 e. The van der Waals surface area contributed by atoms with E-state index in [1.807, 2.05) is 0 Å². The van der Waals surface area contributed by atoms with Gasteiger partial charge in [0.05, 0.1) is 5.56 Å². The number of hydrogen-bond acceptors (Lipinski definition) is 4. The molecule has 0 heterocycles. The summed E-state index contributed by atoms with van der Waals surface area (Å²) in [7, 11) is 0. The first-order valence-corrected chi connectivity index (χ1v) is 10.1. The molecule has 0 aliphatic heterocycles. The Morgan fingerprint density at radius 1 is 0.727 bits per heavy atom. The molecule has 1 aliphatic rings. The van der Waals surface area contributed by atoms with Gasteiger partial charge in [0.1, 0.15) is 17.4 Å². The highest BCUT2D eigenvalue weighted by Crippen LogP contribution is 2.30. The van der Waals surface area contributed by atoms with E-state index in [4.69, 9.17) is 0 Å². The molecule has 0 unspecified atom stereocenters. The number of phenolic OH excluding ortho intramolecular Hbond substituents is 1. The highest BCUT2D eigenvalue weighted by atomic mass is 19.1. The van der Waals surface area contributed by atoms with E-state index in [1.165, 1.54) is 12.1 Å². The van der Waals surface area contributed by atoms with E-state index >= 15 is 0 Å². The lowest BCUT2D eigenvalue weighted by atomic mass is 10.1. The van der Waals surface area contributed by atoms with Crippen LogP contribution in [0.5, 0.6) is 5.75 Å². The number of rotatable bonds is 6. The fourth-order valence-corrected chi connectivity index (χ4v) is 3.11. The molecule has 4 rings (SSSR count). The average molecular weight is 451 g/mol. The van der Waals surface area contributed by atoms with Gasteiger partial charge in [0.25, 0.3) is 11.8 Å². The van der Waals surface area contributed by atoms with E-state index in [-0.39, 0.29) is 28.6 Å². The predicted molar refractivity (Wildman–Crippen MR) is 118 cm³/mol. The van der Waals surface area contributed by atoms with Crippen LogP contribution in [0.1, 0.15) is 33.6 Å². The first-order chi connectivity index (χ1) is 15.8. The Morgan fingerprint density at radius 2 is 1.27 bits per heavy atom. The van der Waals surface area contributed by atoms with E-state index in [2.05, 4.69) is 16.0 Å². The zero-order chi connectivity index (χ0) is 23.5. The largest absolute Gasteiger partial charge is 0.507 e. The molecule has 7 nitrogen and oxygen atoms in total. The molecule has 168 valence electrons. The smallest absolute Gasteiger partial charge is 0.259 e. The Kier molecular flexibility index (Phi) is 6.03. The molecule has 0 saturated heterocycles. The zero-order valence-corrected chi connectivity index (χ0v) is 17.2. The predicted octanol–water partition coefficient (Wildman–Crippen LogP) is 4.52. The van der Waals surface area contributed by atoms with Crippen molar-refractivity contribution in [3.8, 4) is 5.75 Å². The van der Waals surface area contributed by atoms with Crippen LogP contribution in [0.3, 0.4) is 0 Å². The molecule has 1 aliphatic carbocycles. The molecule has 1 saturated carbocycles. The molecule has 3 aromatic rings. The van der Waals surface area contributed by atoms with Gasteiger partial charge in [0.15, 0.2) is 0 Å². The van der Waals surface area contributed by atoms with Gasteiger partial charge in [-0.2, -0.15) is 0 Å². The second-order valence-corrected chi connectivity index (χ2v) is 7.64. The number of benzene rings is 3. The summed E-state index contributed by atoms with van der Waals surface area (Å²) < 4.78 is 26.6. The molecule has 1 fully saturated rings. The minimum Gasteiger partial charge on any atom is -0.507 e. The average Bonchev–Trinajstić information content (AvgIpc) is 3.60. The Balaban J connectivity index is 1.39. The third-order valence-electron chi connectivity index (χ3n) is 4.98.